The van der Waals surface area contributed by atoms with Gasteiger partial charge in [0.05, 0.1) is 31.0 Å². The van der Waals surface area contributed by atoms with Gasteiger partial charge < -0.3 is 24.3 Å². The van der Waals surface area contributed by atoms with Crippen molar-refractivity contribution in [3.05, 3.63) is 77.1 Å². The number of halogens is 1. The highest BCUT2D eigenvalue weighted by atomic mass is 35.5. The smallest absolute Gasteiger partial charge is 0.322 e. The fraction of sp³-hybridized carbons (Fsp3) is 0.261. The third kappa shape index (κ3) is 3.96. The predicted octanol–water partition coefficient (Wildman–Crippen LogP) is 4.99. The van der Waals surface area contributed by atoms with E-state index < -0.39 is 0 Å². The first kappa shape index (κ1) is 20.2. The summed E-state index contributed by atoms with van der Waals surface area (Å²) in [6, 6.07) is 17.4. The lowest BCUT2D eigenvalue weighted by molar-refractivity contribution is 0.167. The Morgan fingerprint density at radius 2 is 1.83 bits per heavy atom. The molecule has 0 spiro atoms. The maximum absolute atomic E-state index is 13.3. The third-order valence-corrected chi connectivity index (χ3v) is 5.71. The van der Waals surface area contributed by atoms with Gasteiger partial charge in [-0.2, -0.15) is 0 Å². The number of ether oxygens (including phenoxy) is 2. The van der Waals surface area contributed by atoms with E-state index in [4.69, 9.17) is 21.1 Å². The van der Waals surface area contributed by atoms with Gasteiger partial charge in [0.15, 0.2) is 0 Å². The Kier molecular flexibility index (Phi) is 5.86. The molecule has 0 bridgehead atoms. The van der Waals surface area contributed by atoms with E-state index in [-0.39, 0.29) is 12.1 Å². The highest BCUT2D eigenvalue weighted by molar-refractivity contribution is 6.32. The molecular formula is C23H24ClN3O3. The van der Waals surface area contributed by atoms with Gasteiger partial charge >= 0.3 is 6.03 Å². The molecule has 1 atom stereocenters. The van der Waals surface area contributed by atoms with Crippen molar-refractivity contribution in [3.63, 3.8) is 0 Å². The van der Waals surface area contributed by atoms with Crippen molar-refractivity contribution in [2.45, 2.75) is 19.0 Å². The van der Waals surface area contributed by atoms with Gasteiger partial charge in [0.2, 0.25) is 0 Å². The minimum Gasteiger partial charge on any atom is -0.495 e. The molecule has 2 aromatic carbocycles. The number of anilines is 1. The highest BCUT2D eigenvalue weighted by Gasteiger charge is 2.31. The fourth-order valence-corrected chi connectivity index (χ4v) is 4.15. The van der Waals surface area contributed by atoms with Gasteiger partial charge in [0.1, 0.15) is 11.5 Å². The number of benzene rings is 2. The first-order valence-corrected chi connectivity index (χ1v) is 10.2. The molecule has 30 heavy (non-hydrogen) atoms. The molecule has 1 unspecified atom stereocenters. The zero-order chi connectivity index (χ0) is 21.1. The van der Waals surface area contributed by atoms with Crippen molar-refractivity contribution < 1.29 is 14.3 Å². The first-order valence-electron chi connectivity index (χ1n) is 9.79. The number of amides is 2. The minimum atomic E-state index is -0.192. The largest absolute Gasteiger partial charge is 0.495 e. The van der Waals surface area contributed by atoms with E-state index in [1.807, 2.05) is 29.2 Å². The number of carbonyl (C=O) groups is 1. The van der Waals surface area contributed by atoms with E-state index in [0.29, 0.717) is 28.8 Å². The summed E-state index contributed by atoms with van der Waals surface area (Å²) in [4.78, 5) is 15.2. The molecule has 1 N–H and O–H groups in total. The van der Waals surface area contributed by atoms with Gasteiger partial charge in [-0.25, -0.2) is 4.79 Å². The molecule has 0 aliphatic carbocycles. The number of nitrogens with zero attached hydrogens (tertiary/aromatic N) is 2. The van der Waals surface area contributed by atoms with Gasteiger partial charge in [-0.05, 0) is 30.2 Å². The molecule has 0 fully saturated rings. The molecule has 4 rings (SSSR count). The lowest BCUT2D eigenvalue weighted by Crippen LogP contribution is -2.44. The molecule has 2 heterocycles. The summed E-state index contributed by atoms with van der Waals surface area (Å²) < 4.78 is 12.9. The van der Waals surface area contributed by atoms with Gasteiger partial charge in [-0.3, -0.25) is 0 Å². The molecule has 1 aliphatic rings. The predicted molar refractivity (Wildman–Crippen MR) is 118 cm³/mol. The summed E-state index contributed by atoms with van der Waals surface area (Å²) in [6.07, 6.45) is 2.80. The number of urea groups is 1. The molecular weight excluding hydrogens is 402 g/mol. The first-order chi connectivity index (χ1) is 14.6. The number of rotatable bonds is 5. The van der Waals surface area contributed by atoms with Crippen molar-refractivity contribution >= 4 is 23.3 Å². The van der Waals surface area contributed by atoms with Crippen LogP contribution in [0.4, 0.5) is 10.5 Å². The normalized spacial score (nSPS) is 15.4. The van der Waals surface area contributed by atoms with E-state index in [1.54, 1.807) is 19.2 Å². The number of hydrogen-bond donors (Lipinski definition) is 1. The van der Waals surface area contributed by atoms with Crippen LogP contribution in [0.3, 0.4) is 0 Å². The number of aromatic nitrogens is 1. The summed E-state index contributed by atoms with van der Waals surface area (Å²) in [5.41, 5.74) is 2.81. The Balaban J connectivity index is 1.62. The van der Waals surface area contributed by atoms with E-state index in [1.165, 1.54) is 12.7 Å². The van der Waals surface area contributed by atoms with Crippen LogP contribution < -0.4 is 14.8 Å². The number of carbonyl (C=O) groups excluding carboxylic acids is 1. The SMILES string of the molecule is COc1cc(OC)c(NC(=O)N2CCn3cccc3C2Cc2ccccc2)cc1Cl. The van der Waals surface area contributed by atoms with Crippen molar-refractivity contribution in [2.24, 2.45) is 0 Å². The quantitative estimate of drug-likeness (QED) is 0.626. The van der Waals surface area contributed by atoms with Crippen LogP contribution in [0.5, 0.6) is 11.5 Å². The molecule has 7 heteroatoms. The standard InChI is InChI=1S/C23H24ClN3O3/c1-29-21-15-22(30-2)18(14-17(21)24)25-23(28)27-12-11-26-10-6-9-19(26)20(27)13-16-7-4-3-5-8-16/h3-10,14-15,20H,11-13H2,1-2H3,(H,25,28). The van der Waals surface area contributed by atoms with E-state index >= 15 is 0 Å². The Morgan fingerprint density at radius 1 is 1.07 bits per heavy atom. The van der Waals surface area contributed by atoms with Crippen molar-refractivity contribution in [1.82, 2.24) is 9.47 Å². The summed E-state index contributed by atoms with van der Waals surface area (Å²) in [6.45, 7) is 1.36. The summed E-state index contributed by atoms with van der Waals surface area (Å²) in [7, 11) is 3.08. The average Bonchev–Trinajstić information content (AvgIpc) is 3.24. The van der Waals surface area contributed by atoms with Crippen LogP contribution in [0.1, 0.15) is 17.3 Å². The number of methoxy groups -OCH3 is 2. The van der Waals surface area contributed by atoms with Crippen LogP contribution in [-0.4, -0.2) is 36.3 Å². The lowest BCUT2D eigenvalue weighted by Gasteiger charge is -2.37. The molecule has 156 valence electrons. The summed E-state index contributed by atoms with van der Waals surface area (Å²) in [5, 5.41) is 3.38. The number of fused-ring (bicyclic) bond motifs is 1. The molecule has 2 amide bonds. The maximum atomic E-state index is 13.3. The van der Waals surface area contributed by atoms with Gasteiger partial charge in [0.25, 0.3) is 0 Å². The minimum absolute atomic E-state index is 0.0733. The Hall–Kier alpha value is -3.12. The lowest BCUT2D eigenvalue weighted by atomic mass is 10.0. The van der Waals surface area contributed by atoms with Crippen molar-refractivity contribution in [2.75, 3.05) is 26.1 Å². The topological polar surface area (TPSA) is 55.7 Å². The van der Waals surface area contributed by atoms with Gasteiger partial charge in [-0.15, -0.1) is 0 Å². The second kappa shape index (κ2) is 8.71. The summed E-state index contributed by atoms with van der Waals surface area (Å²) >= 11 is 6.27. The molecule has 0 saturated heterocycles. The van der Waals surface area contributed by atoms with Gasteiger partial charge in [-0.1, -0.05) is 41.9 Å². The van der Waals surface area contributed by atoms with Crippen molar-refractivity contribution in [1.29, 1.82) is 0 Å². The third-order valence-electron chi connectivity index (χ3n) is 5.41. The van der Waals surface area contributed by atoms with Gasteiger partial charge in [0, 0.05) is 31.0 Å². The number of hydrogen-bond acceptors (Lipinski definition) is 3. The average molecular weight is 426 g/mol. The molecule has 3 aromatic rings. The Morgan fingerprint density at radius 3 is 2.57 bits per heavy atom. The van der Waals surface area contributed by atoms with E-state index in [2.05, 4.69) is 34.3 Å². The highest BCUT2D eigenvalue weighted by Crippen LogP contribution is 2.37. The Labute approximate surface area is 181 Å². The molecule has 0 saturated carbocycles. The zero-order valence-electron chi connectivity index (χ0n) is 17.0. The second-order valence-corrected chi connectivity index (χ2v) is 7.55. The second-order valence-electron chi connectivity index (χ2n) is 7.14. The van der Waals surface area contributed by atoms with Crippen LogP contribution >= 0.6 is 11.6 Å². The molecule has 0 radical (unpaired) electrons. The molecule has 6 nitrogen and oxygen atoms in total. The van der Waals surface area contributed by atoms with Crippen molar-refractivity contribution in [3.8, 4) is 11.5 Å². The zero-order valence-corrected chi connectivity index (χ0v) is 17.7. The maximum Gasteiger partial charge on any atom is 0.322 e. The van der Waals surface area contributed by atoms with Crippen LogP contribution in [-0.2, 0) is 13.0 Å². The van der Waals surface area contributed by atoms with Crippen LogP contribution in [0.25, 0.3) is 0 Å². The Bertz CT molecular complexity index is 1040. The summed E-state index contributed by atoms with van der Waals surface area (Å²) in [5.74, 6) is 0.980. The monoisotopic (exact) mass is 425 g/mol. The fourth-order valence-electron chi connectivity index (χ4n) is 3.90. The molecule has 1 aliphatic heterocycles. The van der Waals surface area contributed by atoms with Crippen LogP contribution in [0.2, 0.25) is 5.02 Å². The van der Waals surface area contributed by atoms with E-state index in [0.717, 1.165) is 18.7 Å². The molecule has 1 aromatic heterocycles. The van der Waals surface area contributed by atoms with Crippen LogP contribution in [0.15, 0.2) is 60.8 Å². The van der Waals surface area contributed by atoms with Crippen LogP contribution in [0, 0.1) is 0 Å². The number of nitrogens with one attached hydrogen (secondary N) is 1. The van der Waals surface area contributed by atoms with E-state index in [9.17, 15) is 4.79 Å².